The molecule has 1 aliphatic heterocycles. The smallest absolute Gasteiger partial charge is 0.269 e. The van der Waals surface area contributed by atoms with Crippen LogP contribution >= 0.6 is 0 Å². The van der Waals surface area contributed by atoms with Crippen molar-refractivity contribution in [3.05, 3.63) is 34.4 Å². The van der Waals surface area contributed by atoms with Crippen LogP contribution < -0.4 is 10.0 Å². The maximum atomic E-state index is 12.1. The average molecular weight is 301 g/mol. The van der Waals surface area contributed by atoms with Crippen LogP contribution in [0.2, 0.25) is 0 Å². The molecule has 1 fully saturated rings. The van der Waals surface area contributed by atoms with Crippen molar-refractivity contribution in [1.82, 2.24) is 10.0 Å². The van der Waals surface area contributed by atoms with E-state index in [9.17, 15) is 23.6 Å². The molecule has 1 aromatic carbocycles. The molecule has 0 spiro atoms. The summed E-state index contributed by atoms with van der Waals surface area (Å²) in [6.45, 7) is 0.942. The molecule has 20 heavy (non-hydrogen) atoms. The van der Waals surface area contributed by atoms with Gasteiger partial charge in [0.2, 0.25) is 10.0 Å². The third-order valence-corrected chi connectivity index (χ3v) is 4.62. The summed E-state index contributed by atoms with van der Waals surface area (Å²) in [5.74, 6) is 0. The van der Waals surface area contributed by atoms with Gasteiger partial charge in [-0.15, -0.1) is 0 Å². The molecular weight excluding hydrogens is 286 g/mol. The van der Waals surface area contributed by atoms with Gasteiger partial charge in [0.25, 0.3) is 5.69 Å². The van der Waals surface area contributed by atoms with Crippen molar-refractivity contribution >= 4 is 15.7 Å². The zero-order valence-corrected chi connectivity index (χ0v) is 11.3. The van der Waals surface area contributed by atoms with Crippen molar-refractivity contribution in [3.63, 3.8) is 0 Å². The van der Waals surface area contributed by atoms with Gasteiger partial charge in [-0.2, -0.15) is 0 Å². The Kier molecular flexibility index (Phi) is 4.33. The minimum atomic E-state index is -3.80. The summed E-state index contributed by atoms with van der Waals surface area (Å²) in [6, 6.07) is 4.05. The number of benzene rings is 1. The molecule has 3 N–H and O–H groups in total. The zero-order valence-electron chi connectivity index (χ0n) is 10.5. The summed E-state index contributed by atoms with van der Waals surface area (Å²) >= 11 is 0. The number of nitrogens with one attached hydrogen (secondary N) is 2. The second kappa shape index (κ2) is 5.83. The monoisotopic (exact) mass is 301 g/mol. The van der Waals surface area contributed by atoms with Gasteiger partial charge in [0.1, 0.15) is 0 Å². The van der Waals surface area contributed by atoms with Crippen LogP contribution in [0.25, 0.3) is 0 Å². The predicted octanol–water partition coefficient (Wildman–Crippen LogP) is -0.404. The Morgan fingerprint density at radius 2 is 2.00 bits per heavy atom. The second-order valence-electron chi connectivity index (χ2n) is 4.54. The molecule has 2 atom stereocenters. The van der Waals surface area contributed by atoms with E-state index in [1.165, 1.54) is 12.1 Å². The van der Waals surface area contributed by atoms with Gasteiger partial charge in [0.15, 0.2) is 0 Å². The van der Waals surface area contributed by atoms with Crippen LogP contribution in [-0.2, 0) is 10.0 Å². The molecule has 0 unspecified atom stereocenters. The molecule has 0 saturated carbocycles. The van der Waals surface area contributed by atoms with Crippen molar-refractivity contribution in [2.24, 2.45) is 0 Å². The molecule has 1 aromatic rings. The number of sulfonamides is 1. The van der Waals surface area contributed by atoms with Crippen LogP contribution in [0.5, 0.6) is 0 Å². The number of nitrogens with zero attached hydrogens (tertiary/aromatic N) is 1. The number of piperidine rings is 1. The summed E-state index contributed by atoms with van der Waals surface area (Å²) in [5, 5.41) is 23.2. The van der Waals surface area contributed by atoms with Crippen LogP contribution in [0.4, 0.5) is 5.69 Å². The molecule has 1 saturated heterocycles. The Hall–Kier alpha value is -1.55. The highest BCUT2D eigenvalue weighted by molar-refractivity contribution is 7.89. The van der Waals surface area contributed by atoms with Crippen LogP contribution in [0.1, 0.15) is 6.42 Å². The van der Waals surface area contributed by atoms with Crippen molar-refractivity contribution in [3.8, 4) is 0 Å². The van der Waals surface area contributed by atoms with Gasteiger partial charge in [-0.3, -0.25) is 10.1 Å². The molecular formula is C11H15N3O5S. The number of hydrogen-bond donors (Lipinski definition) is 3. The van der Waals surface area contributed by atoms with E-state index < -0.39 is 27.1 Å². The van der Waals surface area contributed by atoms with E-state index in [4.69, 9.17) is 0 Å². The van der Waals surface area contributed by atoms with E-state index in [0.29, 0.717) is 19.5 Å². The summed E-state index contributed by atoms with van der Waals surface area (Å²) in [6.07, 6.45) is -0.315. The summed E-state index contributed by atoms with van der Waals surface area (Å²) in [5.41, 5.74) is -0.175. The highest BCUT2D eigenvalue weighted by atomic mass is 32.2. The van der Waals surface area contributed by atoms with Crippen LogP contribution in [-0.4, -0.2) is 43.7 Å². The minimum absolute atomic E-state index is 0.0613. The second-order valence-corrected chi connectivity index (χ2v) is 6.25. The number of nitro benzene ring substituents is 1. The first-order chi connectivity index (χ1) is 9.40. The average Bonchev–Trinajstić information content (AvgIpc) is 2.41. The first-order valence-electron chi connectivity index (χ1n) is 6.06. The van der Waals surface area contributed by atoms with E-state index in [-0.39, 0.29) is 10.6 Å². The lowest BCUT2D eigenvalue weighted by molar-refractivity contribution is -0.384. The van der Waals surface area contributed by atoms with Crippen molar-refractivity contribution < 1.29 is 18.4 Å². The number of β-amino-alcohol motifs (C(OH)–C–C–N with tert-alkyl or cyclic N) is 1. The maximum Gasteiger partial charge on any atom is 0.269 e. The van der Waals surface area contributed by atoms with E-state index in [1.54, 1.807) is 0 Å². The first kappa shape index (κ1) is 14.9. The molecule has 2 rings (SSSR count). The number of nitro groups is 1. The van der Waals surface area contributed by atoms with Gasteiger partial charge in [-0.05, 0) is 25.1 Å². The van der Waals surface area contributed by atoms with E-state index >= 15 is 0 Å². The maximum absolute atomic E-state index is 12.1. The topological polar surface area (TPSA) is 122 Å². The molecule has 1 aliphatic rings. The molecule has 0 radical (unpaired) electrons. The number of hydrogen-bond acceptors (Lipinski definition) is 6. The van der Waals surface area contributed by atoms with Gasteiger partial charge in [-0.1, -0.05) is 0 Å². The number of aliphatic hydroxyl groups excluding tert-OH is 1. The van der Waals surface area contributed by atoms with Crippen LogP contribution in [0.15, 0.2) is 29.2 Å². The standard InChI is InChI=1S/C11H15N3O5S/c15-11-7-12-6-5-10(11)13-20(18,19)9-3-1-8(2-4-9)14(16)17/h1-4,10-13,15H,5-7H2/t10-,11+/m0/s1. The van der Waals surface area contributed by atoms with Gasteiger partial charge >= 0.3 is 0 Å². The molecule has 8 nitrogen and oxygen atoms in total. The SMILES string of the molecule is O=[N+]([O-])c1ccc(S(=O)(=O)N[C@H]2CCNC[C@H]2O)cc1. The summed E-state index contributed by atoms with van der Waals surface area (Å²) < 4.78 is 26.7. The molecule has 0 aromatic heterocycles. The van der Waals surface area contributed by atoms with E-state index in [0.717, 1.165) is 12.1 Å². The van der Waals surface area contributed by atoms with Gasteiger partial charge in [-0.25, -0.2) is 13.1 Å². The quantitative estimate of drug-likeness (QED) is 0.513. The van der Waals surface area contributed by atoms with Crippen molar-refractivity contribution in [1.29, 1.82) is 0 Å². The van der Waals surface area contributed by atoms with Gasteiger partial charge < -0.3 is 10.4 Å². The fourth-order valence-electron chi connectivity index (χ4n) is 1.99. The number of non-ortho nitro benzene ring substituents is 1. The lowest BCUT2D eigenvalue weighted by Gasteiger charge is -2.28. The third kappa shape index (κ3) is 3.31. The largest absolute Gasteiger partial charge is 0.390 e. The van der Waals surface area contributed by atoms with Gasteiger partial charge in [0.05, 0.1) is 22.0 Å². The lowest BCUT2D eigenvalue weighted by atomic mass is 10.1. The van der Waals surface area contributed by atoms with Crippen molar-refractivity contribution in [2.75, 3.05) is 13.1 Å². The Labute approximate surface area is 116 Å². The highest BCUT2D eigenvalue weighted by Crippen LogP contribution is 2.17. The third-order valence-electron chi connectivity index (χ3n) is 3.11. The Bertz CT molecular complexity index is 587. The first-order valence-corrected chi connectivity index (χ1v) is 7.54. The Balaban J connectivity index is 2.15. The Morgan fingerprint density at radius 1 is 1.35 bits per heavy atom. The van der Waals surface area contributed by atoms with E-state index in [1.807, 2.05) is 0 Å². The van der Waals surface area contributed by atoms with E-state index in [2.05, 4.69) is 10.0 Å². The zero-order chi connectivity index (χ0) is 14.8. The normalized spacial score (nSPS) is 23.4. The predicted molar refractivity (Wildman–Crippen MR) is 70.7 cm³/mol. The fraction of sp³-hybridized carbons (Fsp3) is 0.455. The van der Waals surface area contributed by atoms with Gasteiger partial charge in [0, 0.05) is 18.7 Å². The number of rotatable bonds is 4. The number of aliphatic hydroxyl groups is 1. The summed E-state index contributed by atoms with van der Waals surface area (Å²) in [4.78, 5) is 9.86. The molecule has 9 heteroatoms. The van der Waals surface area contributed by atoms with Crippen molar-refractivity contribution in [2.45, 2.75) is 23.5 Å². The minimum Gasteiger partial charge on any atom is -0.390 e. The highest BCUT2D eigenvalue weighted by Gasteiger charge is 2.28. The molecule has 0 amide bonds. The van der Waals surface area contributed by atoms with Crippen LogP contribution in [0, 0.1) is 10.1 Å². The molecule has 110 valence electrons. The Morgan fingerprint density at radius 3 is 2.55 bits per heavy atom. The van der Waals surface area contributed by atoms with Crippen LogP contribution in [0.3, 0.4) is 0 Å². The lowest BCUT2D eigenvalue weighted by Crippen LogP contribution is -2.52. The molecule has 0 bridgehead atoms. The molecule has 0 aliphatic carbocycles. The summed E-state index contributed by atoms with van der Waals surface area (Å²) in [7, 11) is -3.80. The molecule has 1 heterocycles. The fourth-order valence-corrected chi connectivity index (χ4v) is 3.30.